The summed E-state index contributed by atoms with van der Waals surface area (Å²) < 4.78 is 0.754. The van der Waals surface area contributed by atoms with Crippen LogP contribution in [-0.4, -0.2) is 39.4 Å². The third kappa shape index (κ3) is 2.83. The van der Waals surface area contributed by atoms with Crippen molar-refractivity contribution in [2.24, 2.45) is 0 Å². The molecule has 1 amide bonds. The number of nitrogens with zero attached hydrogens (tertiary/aromatic N) is 2. The van der Waals surface area contributed by atoms with Gasteiger partial charge < -0.3 is 4.90 Å². The number of carbonyl (C=O) groups is 1. The van der Waals surface area contributed by atoms with E-state index in [1.165, 1.54) is 0 Å². The molecule has 3 nitrogen and oxygen atoms in total. The van der Waals surface area contributed by atoms with E-state index in [1.54, 1.807) is 12.3 Å². The summed E-state index contributed by atoms with van der Waals surface area (Å²) in [5.74, 6) is 1.10. The molecule has 92 valence electrons. The van der Waals surface area contributed by atoms with Gasteiger partial charge in [-0.05, 0) is 35.0 Å². The Hall–Kier alpha value is -0.550. The zero-order valence-electron chi connectivity index (χ0n) is 9.89. The van der Waals surface area contributed by atoms with E-state index in [9.17, 15) is 4.79 Å². The Morgan fingerprint density at radius 3 is 2.94 bits per heavy atom. The van der Waals surface area contributed by atoms with Crippen molar-refractivity contribution in [3.63, 3.8) is 0 Å². The van der Waals surface area contributed by atoms with Gasteiger partial charge in [0, 0.05) is 29.8 Å². The molecule has 0 saturated carbocycles. The fraction of sp³-hybridized carbons (Fsp3) is 0.500. The van der Waals surface area contributed by atoms with E-state index < -0.39 is 0 Å². The number of hydrogen-bond acceptors (Lipinski definition) is 3. The van der Waals surface area contributed by atoms with Gasteiger partial charge in [0.05, 0.1) is 5.56 Å². The number of thioether (sulfide) groups is 1. The average Bonchev–Trinajstić information content (AvgIpc) is 2.33. The standard InChI is InChI=1S/C12H15BrN2OS/c1-8-9(2)17-6-5-15(8)12(16)10-3-4-11(13)14-7-10/h3-4,7-9H,5-6H2,1-2H3. The maximum atomic E-state index is 12.3. The first-order valence-corrected chi connectivity index (χ1v) is 7.48. The fourth-order valence-electron chi connectivity index (χ4n) is 1.89. The molecule has 1 saturated heterocycles. The van der Waals surface area contributed by atoms with E-state index >= 15 is 0 Å². The second-order valence-corrected chi connectivity index (χ2v) is 6.48. The number of hydrogen-bond donors (Lipinski definition) is 0. The molecule has 1 aliphatic heterocycles. The number of rotatable bonds is 1. The van der Waals surface area contributed by atoms with E-state index in [-0.39, 0.29) is 11.9 Å². The van der Waals surface area contributed by atoms with Crippen LogP contribution in [0.5, 0.6) is 0 Å². The SMILES string of the molecule is CC1SCCN(C(=O)c2ccc(Br)nc2)C1C. The van der Waals surface area contributed by atoms with Crippen LogP contribution in [0, 0.1) is 0 Å². The fourth-order valence-corrected chi connectivity index (χ4v) is 3.22. The molecule has 1 fully saturated rings. The summed E-state index contributed by atoms with van der Waals surface area (Å²) in [4.78, 5) is 18.4. The molecule has 0 bridgehead atoms. The Balaban J connectivity index is 2.16. The molecule has 2 unspecified atom stereocenters. The topological polar surface area (TPSA) is 33.2 Å². The largest absolute Gasteiger partial charge is 0.334 e. The lowest BCUT2D eigenvalue weighted by Crippen LogP contribution is -2.47. The van der Waals surface area contributed by atoms with Gasteiger partial charge in [0.25, 0.3) is 5.91 Å². The Morgan fingerprint density at radius 2 is 2.29 bits per heavy atom. The molecule has 2 heterocycles. The molecule has 1 aliphatic rings. The van der Waals surface area contributed by atoms with Gasteiger partial charge in [-0.2, -0.15) is 11.8 Å². The van der Waals surface area contributed by atoms with Gasteiger partial charge in [-0.3, -0.25) is 4.79 Å². The van der Waals surface area contributed by atoms with Crippen LogP contribution in [0.2, 0.25) is 0 Å². The number of pyridine rings is 1. The van der Waals surface area contributed by atoms with Crippen LogP contribution in [0.15, 0.2) is 22.9 Å². The lowest BCUT2D eigenvalue weighted by molar-refractivity contribution is 0.0697. The minimum atomic E-state index is 0.0876. The quantitative estimate of drug-likeness (QED) is 0.747. The summed E-state index contributed by atoms with van der Waals surface area (Å²) >= 11 is 5.20. The maximum Gasteiger partial charge on any atom is 0.255 e. The highest BCUT2D eigenvalue weighted by Gasteiger charge is 2.29. The molecule has 2 rings (SSSR count). The summed E-state index contributed by atoms with van der Waals surface area (Å²) in [7, 11) is 0. The van der Waals surface area contributed by atoms with Crippen molar-refractivity contribution < 1.29 is 4.79 Å². The van der Waals surface area contributed by atoms with Crippen LogP contribution in [0.1, 0.15) is 24.2 Å². The van der Waals surface area contributed by atoms with Gasteiger partial charge in [0.1, 0.15) is 4.60 Å². The minimum Gasteiger partial charge on any atom is -0.334 e. The van der Waals surface area contributed by atoms with Gasteiger partial charge in [0.2, 0.25) is 0 Å². The monoisotopic (exact) mass is 314 g/mol. The van der Waals surface area contributed by atoms with E-state index in [1.807, 2.05) is 22.7 Å². The molecule has 0 spiro atoms. The highest BCUT2D eigenvalue weighted by molar-refractivity contribution is 9.10. The second-order valence-electron chi connectivity index (χ2n) is 4.18. The van der Waals surface area contributed by atoms with E-state index in [2.05, 4.69) is 34.8 Å². The molecule has 1 aromatic heterocycles. The van der Waals surface area contributed by atoms with Gasteiger partial charge in [-0.1, -0.05) is 6.92 Å². The summed E-state index contributed by atoms with van der Waals surface area (Å²) in [6.45, 7) is 5.11. The highest BCUT2D eigenvalue weighted by atomic mass is 79.9. The van der Waals surface area contributed by atoms with Crippen LogP contribution in [0.25, 0.3) is 0 Å². The Morgan fingerprint density at radius 1 is 1.53 bits per heavy atom. The van der Waals surface area contributed by atoms with Crippen molar-refractivity contribution in [3.05, 3.63) is 28.5 Å². The normalized spacial score (nSPS) is 24.8. The number of halogens is 1. The number of amides is 1. The van der Waals surface area contributed by atoms with Crippen LogP contribution >= 0.6 is 27.7 Å². The molecule has 0 aliphatic carbocycles. The zero-order valence-corrected chi connectivity index (χ0v) is 12.3. The van der Waals surface area contributed by atoms with Crippen molar-refractivity contribution in [3.8, 4) is 0 Å². The molecule has 1 aromatic rings. The molecule has 17 heavy (non-hydrogen) atoms. The van der Waals surface area contributed by atoms with E-state index in [0.29, 0.717) is 10.8 Å². The lowest BCUT2D eigenvalue weighted by atomic mass is 10.1. The molecular weight excluding hydrogens is 300 g/mol. The van der Waals surface area contributed by atoms with Gasteiger partial charge in [0.15, 0.2) is 0 Å². The van der Waals surface area contributed by atoms with E-state index in [4.69, 9.17) is 0 Å². The molecule has 5 heteroatoms. The Kier molecular flexibility index (Phi) is 4.09. The minimum absolute atomic E-state index is 0.0876. The number of aromatic nitrogens is 1. The van der Waals surface area contributed by atoms with Crippen LogP contribution in [-0.2, 0) is 0 Å². The van der Waals surface area contributed by atoms with Crippen molar-refractivity contribution >= 4 is 33.6 Å². The van der Waals surface area contributed by atoms with Gasteiger partial charge >= 0.3 is 0 Å². The third-order valence-electron chi connectivity index (χ3n) is 3.12. The van der Waals surface area contributed by atoms with Crippen molar-refractivity contribution in [2.45, 2.75) is 25.1 Å². The zero-order chi connectivity index (χ0) is 12.4. The molecule has 0 radical (unpaired) electrons. The summed E-state index contributed by atoms with van der Waals surface area (Å²) in [5, 5.41) is 0.496. The lowest BCUT2D eigenvalue weighted by Gasteiger charge is -2.37. The van der Waals surface area contributed by atoms with Crippen LogP contribution in [0.3, 0.4) is 0 Å². The third-order valence-corrected chi connectivity index (χ3v) is 4.93. The Labute approximate surface area is 114 Å². The van der Waals surface area contributed by atoms with E-state index in [0.717, 1.165) is 16.9 Å². The summed E-state index contributed by atoms with van der Waals surface area (Å²) in [5.41, 5.74) is 0.666. The van der Waals surface area contributed by atoms with Gasteiger partial charge in [-0.25, -0.2) is 4.98 Å². The predicted octanol–water partition coefficient (Wildman–Crippen LogP) is 2.81. The predicted molar refractivity (Wildman–Crippen MR) is 74.4 cm³/mol. The first-order valence-electron chi connectivity index (χ1n) is 5.63. The van der Waals surface area contributed by atoms with Crippen molar-refractivity contribution in [2.75, 3.05) is 12.3 Å². The molecular formula is C12H15BrN2OS. The maximum absolute atomic E-state index is 12.3. The van der Waals surface area contributed by atoms with Crippen molar-refractivity contribution in [1.82, 2.24) is 9.88 Å². The van der Waals surface area contributed by atoms with Crippen LogP contribution < -0.4 is 0 Å². The average molecular weight is 315 g/mol. The molecule has 2 atom stereocenters. The molecule has 0 aromatic carbocycles. The first-order chi connectivity index (χ1) is 8.09. The number of carbonyl (C=O) groups excluding carboxylic acids is 1. The molecule has 0 N–H and O–H groups in total. The van der Waals surface area contributed by atoms with Crippen molar-refractivity contribution in [1.29, 1.82) is 0 Å². The first kappa shape index (κ1) is 12.9. The summed E-state index contributed by atoms with van der Waals surface area (Å²) in [6.07, 6.45) is 1.63. The smallest absolute Gasteiger partial charge is 0.255 e. The van der Waals surface area contributed by atoms with Crippen LogP contribution in [0.4, 0.5) is 0 Å². The highest BCUT2D eigenvalue weighted by Crippen LogP contribution is 2.25. The second kappa shape index (κ2) is 5.40. The van der Waals surface area contributed by atoms with Gasteiger partial charge in [-0.15, -0.1) is 0 Å². The summed E-state index contributed by atoms with van der Waals surface area (Å²) in [6, 6.07) is 3.91. The Bertz CT molecular complexity index is 409.